The first-order chi connectivity index (χ1) is 18.7. The van der Waals surface area contributed by atoms with Crippen molar-refractivity contribution in [2.75, 3.05) is 11.9 Å². The number of aryl methyl sites for hydroxylation is 1. The van der Waals surface area contributed by atoms with E-state index in [9.17, 15) is 19.6 Å². The van der Waals surface area contributed by atoms with Gasteiger partial charge in [0.15, 0.2) is 0 Å². The quantitative estimate of drug-likeness (QED) is 0.440. The molecule has 3 N–H and O–H groups in total. The Hall–Kier alpha value is -3.29. The number of hydrogen-bond acceptors (Lipinski definition) is 6. The van der Waals surface area contributed by atoms with Crippen LogP contribution in [0.2, 0.25) is 0 Å². The summed E-state index contributed by atoms with van der Waals surface area (Å²) in [6.45, 7) is 2.47. The summed E-state index contributed by atoms with van der Waals surface area (Å²) >= 11 is 0. The summed E-state index contributed by atoms with van der Waals surface area (Å²) < 4.78 is 30.3. The minimum absolute atomic E-state index is 0.103. The molecule has 0 spiro atoms. The van der Waals surface area contributed by atoms with Gasteiger partial charge in [-0.1, -0.05) is 12.8 Å². The Balaban J connectivity index is 1.38. The molecule has 9 nitrogen and oxygen atoms in total. The molecule has 2 aliphatic carbocycles. The van der Waals surface area contributed by atoms with Crippen LogP contribution in [0, 0.1) is 36.0 Å². The molecule has 4 heterocycles. The third-order valence-electron chi connectivity index (χ3n) is 8.63. The van der Waals surface area contributed by atoms with Gasteiger partial charge in [-0.3, -0.25) is 19.4 Å². The summed E-state index contributed by atoms with van der Waals surface area (Å²) in [5.41, 5.74) is 1.58. The van der Waals surface area contributed by atoms with Crippen LogP contribution in [-0.2, 0) is 14.4 Å². The van der Waals surface area contributed by atoms with E-state index in [4.69, 9.17) is 0 Å². The lowest BCUT2D eigenvalue weighted by molar-refractivity contribution is -0.194. The molecule has 2 bridgehead atoms. The van der Waals surface area contributed by atoms with Gasteiger partial charge in [0.2, 0.25) is 17.7 Å². The van der Waals surface area contributed by atoms with Gasteiger partial charge in [-0.25, -0.2) is 8.78 Å². The number of fused-ring (bicyclic) bond motifs is 3. The number of piperidine rings is 3. The molecule has 3 saturated heterocycles. The van der Waals surface area contributed by atoms with Crippen molar-refractivity contribution in [2.45, 2.75) is 94.8 Å². The van der Waals surface area contributed by atoms with Crippen LogP contribution in [0.5, 0.6) is 0 Å². The van der Waals surface area contributed by atoms with Crippen LogP contribution in [0.1, 0.15) is 63.4 Å². The van der Waals surface area contributed by atoms with Crippen molar-refractivity contribution >= 4 is 23.4 Å². The van der Waals surface area contributed by atoms with Gasteiger partial charge in [0.1, 0.15) is 18.1 Å². The Bertz CT molecular complexity index is 1150. The van der Waals surface area contributed by atoms with E-state index in [1.165, 1.54) is 4.90 Å². The number of halogens is 2. The molecular weight excluding hydrogens is 506 g/mol. The number of pyridine rings is 1. The highest BCUT2D eigenvalue weighted by Crippen LogP contribution is 2.49. The molecule has 39 heavy (non-hydrogen) atoms. The lowest BCUT2D eigenvalue weighted by atomic mass is 9.71. The SMILES string of the molecule is Cc1cncc(N[C@H](CC2CC2)C(=O)N2[C@H]3CC[C@@H]([C@H]2C(=O)N[C@H](C#N)C[C@H]2CCCNC2=O)C(F)(F)C3)c1. The summed E-state index contributed by atoms with van der Waals surface area (Å²) in [5.74, 6) is -5.77. The molecule has 6 atom stereocenters. The van der Waals surface area contributed by atoms with E-state index in [-0.39, 0.29) is 24.7 Å². The van der Waals surface area contributed by atoms with Crippen molar-refractivity contribution in [1.82, 2.24) is 20.5 Å². The van der Waals surface area contributed by atoms with E-state index in [0.29, 0.717) is 37.4 Å². The van der Waals surface area contributed by atoms with Crippen molar-refractivity contribution in [2.24, 2.45) is 17.8 Å². The van der Waals surface area contributed by atoms with Gasteiger partial charge >= 0.3 is 0 Å². The molecule has 0 radical (unpaired) electrons. The Labute approximate surface area is 227 Å². The molecule has 0 unspecified atom stereocenters. The largest absolute Gasteiger partial charge is 0.372 e. The van der Waals surface area contributed by atoms with Crippen LogP contribution < -0.4 is 16.0 Å². The molecule has 2 saturated carbocycles. The molecule has 5 fully saturated rings. The van der Waals surface area contributed by atoms with Gasteiger partial charge in [-0.05, 0) is 63.0 Å². The van der Waals surface area contributed by atoms with Gasteiger partial charge in [-0.15, -0.1) is 0 Å². The van der Waals surface area contributed by atoms with E-state index >= 15 is 8.78 Å². The molecule has 11 heteroatoms. The summed E-state index contributed by atoms with van der Waals surface area (Å²) in [5, 5.41) is 18.4. The molecule has 1 aromatic heterocycles. The second-order valence-corrected chi connectivity index (χ2v) is 11.7. The maximum atomic E-state index is 15.1. The van der Waals surface area contributed by atoms with Crippen molar-refractivity contribution in [3.05, 3.63) is 24.0 Å². The topological polar surface area (TPSA) is 127 Å². The van der Waals surface area contributed by atoms with Crippen molar-refractivity contribution in [1.29, 1.82) is 5.26 Å². The molecule has 6 rings (SSSR count). The smallest absolute Gasteiger partial charge is 0.255 e. The number of alkyl halides is 2. The first-order valence-corrected chi connectivity index (χ1v) is 14.0. The van der Waals surface area contributed by atoms with E-state index < -0.39 is 54.3 Å². The average Bonchev–Trinajstić information content (AvgIpc) is 3.72. The minimum Gasteiger partial charge on any atom is -0.372 e. The number of amides is 3. The molecule has 3 amide bonds. The molecule has 1 aromatic rings. The lowest BCUT2D eigenvalue weighted by Crippen LogP contribution is -2.70. The van der Waals surface area contributed by atoms with Gasteiger partial charge in [-0.2, -0.15) is 5.26 Å². The molecule has 3 aliphatic heterocycles. The van der Waals surface area contributed by atoms with E-state index in [1.807, 2.05) is 19.1 Å². The second-order valence-electron chi connectivity index (χ2n) is 11.7. The fourth-order valence-electron chi connectivity index (χ4n) is 6.49. The number of hydrogen-bond donors (Lipinski definition) is 3. The third kappa shape index (κ3) is 5.99. The highest BCUT2D eigenvalue weighted by molar-refractivity contribution is 5.92. The van der Waals surface area contributed by atoms with E-state index in [1.54, 1.807) is 12.4 Å². The zero-order valence-electron chi connectivity index (χ0n) is 22.2. The van der Waals surface area contributed by atoms with Crippen LogP contribution in [0.15, 0.2) is 18.5 Å². The minimum atomic E-state index is -3.09. The van der Waals surface area contributed by atoms with Crippen molar-refractivity contribution < 1.29 is 23.2 Å². The van der Waals surface area contributed by atoms with Gasteiger partial charge in [0.25, 0.3) is 5.92 Å². The van der Waals surface area contributed by atoms with Crippen molar-refractivity contribution in [3.8, 4) is 6.07 Å². The Morgan fingerprint density at radius 1 is 1.23 bits per heavy atom. The van der Waals surface area contributed by atoms with Gasteiger partial charge in [0, 0.05) is 37.3 Å². The lowest BCUT2D eigenvalue weighted by Gasteiger charge is -2.54. The molecular formula is C28H36F2N6O3. The number of carbonyl (C=O) groups is 3. The Morgan fingerprint density at radius 2 is 2.03 bits per heavy atom. The van der Waals surface area contributed by atoms with Crippen LogP contribution in [-0.4, -0.2) is 64.2 Å². The zero-order valence-corrected chi connectivity index (χ0v) is 22.2. The second kappa shape index (κ2) is 11.1. The summed E-state index contributed by atoms with van der Waals surface area (Å²) in [4.78, 5) is 45.5. The predicted octanol–water partition coefficient (Wildman–Crippen LogP) is 2.91. The summed E-state index contributed by atoms with van der Waals surface area (Å²) in [6, 6.07) is 0.0543. The third-order valence-corrected chi connectivity index (χ3v) is 8.63. The number of rotatable bonds is 9. The maximum absolute atomic E-state index is 15.1. The molecule has 0 aromatic carbocycles. The monoisotopic (exact) mass is 542 g/mol. The number of nitriles is 1. The Morgan fingerprint density at radius 3 is 2.69 bits per heavy atom. The Kier molecular flexibility index (Phi) is 7.74. The first kappa shape index (κ1) is 27.3. The van der Waals surface area contributed by atoms with Crippen LogP contribution in [0.3, 0.4) is 0 Å². The highest BCUT2D eigenvalue weighted by Gasteiger charge is 2.61. The number of aromatic nitrogens is 1. The first-order valence-electron chi connectivity index (χ1n) is 14.0. The molecule has 210 valence electrons. The zero-order chi connectivity index (χ0) is 27.7. The predicted molar refractivity (Wildman–Crippen MR) is 138 cm³/mol. The average molecular weight is 543 g/mol. The normalized spacial score (nSPS) is 29.1. The van der Waals surface area contributed by atoms with E-state index in [2.05, 4.69) is 20.9 Å². The van der Waals surface area contributed by atoms with Crippen LogP contribution >= 0.6 is 0 Å². The van der Waals surface area contributed by atoms with Crippen LogP contribution in [0.4, 0.5) is 14.5 Å². The van der Waals surface area contributed by atoms with Crippen LogP contribution in [0.25, 0.3) is 0 Å². The number of nitrogens with zero attached hydrogens (tertiary/aromatic N) is 3. The number of nitrogens with one attached hydrogen (secondary N) is 3. The summed E-state index contributed by atoms with van der Waals surface area (Å²) in [7, 11) is 0. The standard InChI is InChI=1S/C28H36F2N6O3/c1-16-9-20(15-32-14-16)34-23(10-17-4-5-17)27(39)36-21-6-7-22(28(29,30)12-21)24(36)26(38)35-19(13-31)11-18-3-2-8-33-25(18)37/h9,14-15,17-19,21-24,34H,2-8,10-12H2,1H3,(H,33,37)(H,35,38)/t18-,19+,21+,22+,23-,24+/m1/s1. The maximum Gasteiger partial charge on any atom is 0.255 e. The number of carbonyl (C=O) groups excluding carboxylic acids is 3. The fraction of sp³-hybridized carbons (Fsp3) is 0.679. The number of anilines is 1. The summed E-state index contributed by atoms with van der Waals surface area (Å²) in [6.07, 6.45) is 7.42. The van der Waals surface area contributed by atoms with Gasteiger partial charge in [0.05, 0.1) is 17.7 Å². The fourth-order valence-corrected chi connectivity index (χ4v) is 6.49. The van der Waals surface area contributed by atoms with Crippen molar-refractivity contribution in [3.63, 3.8) is 0 Å². The highest BCUT2D eigenvalue weighted by atomic mass is 19.3. The van der Waals surface area contributed by atoms with Gasteiger partial charge < -0.3 is 20.9 Å². The molecule has 5 aliphatic rings. The van der Waals surface area contributed by atoms with E-state index in [0.717, 1.165) is 24.8 Å².